The molecule has 1 aromatic carbocycles. The first-order valence-electron chi connectivity index (χ1n) is 8.02. The zero-order valence-corrected chi connectivity index (χ0v) is 14.0. The number of hydrogen-bond acceptors (Lipinski definition) is 2. The molecule has 2 aliphatic carbocycles. The predicted octanol–water partition coefficient (Wildman–Crippen LogP) is 3.56. The van der Waals surface area contributed by atoms with Gasteiger partial charge in [-0.25, -0.2) is 0 Å². The Balaban J connectivity index is 1.62. The molecule has 3 N–H and O–H groups in total. The molecular weight excluding hydrogens is 319 g/mol. The van der Waals surface area contributed by atoms with Crippen LogP contribution in [0.15, 0.2) is 18.2 Å². The molecule has 0 radical (unpaired) electrons. The normalized spacial score (nSPS) is 30.9. The van der Waals surface area contributed by atoms with Crippen LogP contribution in [0.25, 0.3) is 0 Å². The van der Waals surface area contributed by atoms with E-state index in [9.17, 15) is 4.79 Å². The third-order valence-electron chi connectivity index (χ3n) is 5.05. The van der Waals surface area contributed by atoms with Crippen molar-refractivity contribution in [1.82, 2.24) is 5.32 Å². The van der Waals surface area contributed by atoms with Gasteiger partial charge in [0.2, 0.25) is 5.91 Å². The first-order chi connectivity index (χ1) is 10.5. The van der Waals surface area contributed by atoms with Gasteiger partial charge in [-0.2, -0.15) is 0 Å². The van der Waals surface area contributed by atoms with E-state index < -0.39 is 0 Å². The minimum Gasteiger partial charge on any atom is -0.353 e. The number of nitrogens with two attached hydrogens (primary N) is 1. The maximum absolute atomic E-state index is 12.4. The highest BCUT2D eigenvalue weighted by Crippen LogP contribution is 2.39. The van der Waals surface area contributed by atoms with E-state index in [0.717, 1.165) is 18.4 Å². The van der Waals surface area contributed by atoms with E-state index in [-0.39, 0.29) is 5.91 Å². The number of carbonyl (C=O) groups excluding carboxylic acids is 1. The minimum atomic E-state index is 0.0655. The Hall–Kier alpha value is -0.770. The van der Waals surface area contributed by atoms with Crippen molar-refractivity contribution in [3.05, 3.63) is 33.8 Å². The summed E-state index contributed by atoms with van der Waals surface area (Å²) < 4.78 is 0. The number of benzene rings is 1. The molecule has 0 aromatic heterocycles. The van der Waals surface area contributed by atoms with E-state index in [2.05, 4.69) is 5.32 Å². The average Bonchev–Trinajstić information content (AvgIpc) is 2.44. The van der Waals surface area contributed by atoms with Gasteiger partial charge in [0.05, 0.1) is 16.5 Å². The van der Waals surface area contributed by atoms with Gasteiger partial charge in [-0.15, -0.1) is 0 Å². The summed E-state index contributed by atoms with van der Waals surface area (Å²) in [7, 11) is 0. The molecule has 0 heterocycles. The van der Waals surface area contributed by atoms with Gasteiger partial charge in [0.25, 0.3) is 0 Å². The predicted molar refractivity (Wildman–Crippen MR) is 90.1 cm³/mol. The number of carbonyl (C=O) groups is 1. The van der Waals surface area contributed by atoms with Crippen LogP contribution in [-0.4, -0.2) is 18.0 Å². The molecule has 3 nitrogen and oxygen atoms in total. The van der Waals surface area contributed by atoms with E-state index in [1.807, 2.05) is 6.07 Å². The van der Waals surface area contributed by atoms with Gasteiger partial charge >= 0.3 is 0 Å². The Morgan fingerprint density at radius 2 is 1.86 bits per heavy atom. The number of halogens is 2. The van der Waals surface area contributed by atoms with E-state index in [1.54, 1.807) is 12.1 Å². The number of rotatable bonds is 3. The molecule has 2 bridgehead atoms. The van der Waals surface area contributed by atoms with E-state index >= 15 is 0 Å². The van der Waals surface area contributed by atoms with Crippen LogP contribution in [-0.2, 0) is 11.2 Å². The number of hydrogen-bond donors (Lipinski definition) is 2. The molecule has 3 rings (SSSR count). The number of nitrogens with one attached hydrogen (secondary N) is 1. The number of amides is 1. The Morgan fingerprint density at radius 1 is 1.18 bits per heavy atom. The molecule has 2 unspecified atom stereocenters. The zero-order chi connectivity index (χ0) is 15.7. The molecule has 0 aliphatic heterocycles. The molecule has 2 fully saturated rings. The van der Waals surface area contributed by atoms with Crippen molar-refractivity contribution in [3.8, 4) is 0 Å². The largest absolute Gasteiger partial charge is 0.353 e. The molecule has 0 saturated heterocycles. The van der Waals surface area contributed by atoms with Crippen molar-refractivity contribution in [1.29, 1.82) is 0 Å². The van der Waals surface area contributed by atoms with Crippen LogP contribution < -0.4 is 11.1 Å². The topological polar surface area (TPSA) is 55.1 Å². The van der Waals surface area contributed by atoms with Crippen molar-refractivity contribution >= 4 is 29.1 Å². The average molecular weight is 341 g/mol. The summed E-state index contributed by atoms with van der Waals surface area (Å²) in [5.41, 5.74) is 7.03. The van der Waals surface area contributed by atoms with Crippen molar-refractivity contribution in [3.63, 3.8) is 0 Å². The van der Waals surface area contributed by atoms with Crippen LogP contribution in [0.1, 0.15) is 37.7 Å². The molecule has 22 heavy (non-hydrogen) atoms. The van der Waals surface area contributed by atoms with Gasteiger partial charge in [0.15, 0.2) is 0 Å². The highest BCUT2D eigenvalue weighted by molar-refractivity contribution is 6.42. The lowest BCUT2D eigenvalue weighted by Crippen LogP contribution is -2.54. The highest BCUT2D eigenvalue weighted by Gasteiger charge is 2.39. The Kier molecular flexibility index (Phi) is 4.96. The first-order valence-corrected chi connectivity index (χ1v) is 8.77. The molecule has 120 valence electrons. The summed E-state index contributed by atoms with van der Waals surface area (Å²) in [4.78, 5) is 12.4. The van der Waals surface area contributed by atoms with Gasteiger partial charge in [0.1, 0.15) is 0 Å². The monoisotopic (exact) mass is 340 g/mol. The fourth-order valence-electron chi connectivity index (χ4n) is 4.10. The maximum atomic E-state index is 12.4. The summed E-state index contributed by atoms with van der Waals surface area (Å²) in [6.45, 7) is 0. The Bertz CT molecular complexity index is 550. The van der Waals surface area contributed by atoms with Crippen molar-refractivity contribution in [2.45, 2.75) is 50.6 Å². The van der Waals surface area contributed by atoms with E-state index in [0.29, 0.717) is 40.4 Å². The van der Waals surface area contributed by atoms with Gasteiger partial charge in [-0.05, 0) is 55.2 Å². The van der Waals surface area contributed by atoms with Crippen molar-refractivity contribution in [2.24, 2.45) is 17.6 Å². The molecule has 1 amide bonds. The quantitative estimate of drug-likeness (QED) is 0.883. The van der Waals surface area contributed by atoms with Gasteiger partial charge in [-0.3, -0.25) is 4.79 Å². The van der Waals surface area contributed by atoms with Gasteiger partial charge in [-0.1, -0.05) is 35.7 Å². The third-order valence-corrected chi connectivity index (χ3v) is 5.79. The summed E-state index contributed by atoms with van der Waals surface area (Å²) >= 11 is 11.9. The second kappa shape index (κ2) is 6.77. The fourth-order valence-corrected chi connectivity index (χ4v) is 4.42. The lowest BCUT2D eigenvalue weighted by Gasteiger charge is -2.45. The Morgan fingerprint density at radius 3 is 2.50 bits per heavy atom. The zero-order valence-electron chi connectivity index (χ0n) is 12.5. The number of fused-ring (bicyclic) bond motifs is 2. The smallest absolute Gasteiger partial charge is 0.224 e. The van der Waals surface area contributed by atoms with Crippen LogP contribution >= 0.6 is 23.2 Å². The van der Waals surface area contributed by atoms with E-state index in [1.165, 1.54) is 19.3 Å². The second-order valence-corrected chi connectivity index (χ2v) is 7.52. The molecule has 2 saturated carbocycles. The molecule has 2 aliphatic rings. The summed E-state index contributed by atoms with van der Waals surface area (Å²) in [5, 5.41) is 4.26. The molecule has 5 heteroatoms. The van der Waals surface area contributed by atoms with Crippen LogP contribution in [0.5, 0.6) is 0 Å². The third kappa shape index (κ3) is 3.58. The molecular formula is C17H22Cl2N2O. The van der Waals surface area contributed by atoms with Crippen LogP contribution in [0, 0.1) is 11.8 Å². The maximum Gasteiger partial charge on any atom is 0.224 e. The highest BCUT2D eigenvalue weighted by atomic mass is 35.5. The fraction of sp³-hybridized carbons (Fsp3) is 0.588. The van der Waals surface area contributed by atoms with Crippen molar-refractivity contribution in [2.75, 3.05) is 0 Å². The molecule has 2 atom stereocenters. The van der Waals surface area contributed by atoms with Crippen molar-refractivity contribution < 1.29 is 4.79 Å². The second-order valence-electron chi connectivity index (χ2n) is 6.70. The minimum absolute atomic E-state index is 0.0655. The van der Waals surface area contributed by atoms with E-state index in [4.69, 9.17) is 28.9 Å². The van der Waals surface area contributed by atoms with Crippen LogP contribution in [0.4, 0.5) is 0 Å². The lowest BCUT2D eigenvalue weighted by molar-refractivity contribution is -0.122. The van der Waals surface area contributed by atoms with Gasteiger partial charge in [0, 0.05) is 12.1 Å². The first kappa shape index (κ1) is 16.1. The van der Waals surface area contributed by atoms with Gasteiger partial charge < -0.3 is 11.1 Å². The standard InChI is InChI=1S/C17H22Cl2N2O/c18-14-5-4-10(6-15(14)19)7-16(22)21-17-11-2-1-3-12(17)9-13(20)8-11/h4-6,11-13,17H,1-3,7-9,20H2,(H,21,22). The Labute approximate surface area is 141 Å². The van der Waals surface area contributed by atoms with Crippen LogP contribution in [0.3, 0.4) is 0 Å². The molecule has 0 spiro atoms. The SMILES string of the molecule is NC1CC2CCCC(C1)C2NC(=O)Cc1ccc(Cl)c(Cl)c1. The molecule has 1 aromatic rings. The summed E-state index contributed by atoms with van der Waals surface area (Å²) in [6, 6.07) is 5.95. The summed E-state index contributed by atoms with van der Waals surface area (Å²) in [6.07, 6.45) is 6.05. The summed E-state index contributed by atoms with van der Waals surface area (Å²) in [5.74, 6) is 1.15. The van der Waals surface area contributed by atoms with Crippen LogP contribution in [0.2, 0.25) is 10.0 Å². The lowest BCUT2D eigenvalue weighted by atomic mass is 9.67.